The van der Waals surface area contributed by atoms with E-state index < -0.39 is 10.1 Å². The number of aryl methyl sites for hydroxylation is 2. The summed E-state index contributed by atoms with van der Waals surface area (Å²) < 4.78 is 36.8. The maximum Gasteiger partial charge on any atom is 0.124 e. The second-order valence-corrected chi connectivity index (χ2v) is 14.9. The summed E-state index contributed by atoms with van der Waals surface area (Å²) >= 11 is 6.03. The average Bonchev–Trinajstić information content (AvgIpc) is 3.23. The van der Waals surface area contributed by atoms with Crippen LogP contribution in [0.25, 0.3) is 9.78 Å². The van der Waals surface area contributed by atoms with E-state index >= 15 is 0 Å². The molecule has 0 amide bonds. The van der Waals surface area contributed by atoms with Crippen molar-refractivity contribution in [2.24, 2.45) is 0 Å². The third-order valence-corrected chi connectivity index (χ3v) is 10.5. The van der Waals surface area contributed by atoms with Crippen molar-refractivity contribution >= 4 is 46.0 Å². The number of aromatic nitrogens is 1. The Morgan fingerprint density at radius 2 is 1.18 bits per heavy atom. The maximum atomic E-state index is 10.3. The molecule has 0 saturated carbocycles. The third kappa shape index (κ3) is 14.3. The van der Waals surface area contributed by atoms with Gasteiger partial charge in [-0.05, 0) is 24.3 Å². The van der Waals surface area contributed by atoms with Crippen LogP contribution in [0.3, 0.4) is 0 Å². The van der Waals surface area contributed by atoms with Crippen molar-refractivity contribution in [3.8, 4) is 0 Å². The molecule has 0 radical (unpaired) electrons. The fraction of sp³-hybridized carbons (Fsp3) is 0.594. The Morgan fingerprint density at radius 1 is 0.718 bits per heavy atom. The standard InChI is InChI=1S/C26H44NSe.C6H5ClO3S/c1-3-4-5-6-7-8-9-10-11-12-13-14-15-16-17-20-23-27-24(2)28-26-22-19-18-21-25(26)27;7-5-1-3-6(4-2-5)11(8,9)10/h18-19,21-22H,3-17,20,23H2,1-2H3;1-4H,(H,8,9,10)/q+1;/p-1. The molecule has 218 valence electrons. The maximum absolute atomic E-state index is 10.3. The Morgan fingerprint density at radius 3 is 1.67 bits per heavy atom. The van der Waals surface area contributed by atoms with E-state index in [4.69, 9.17) is 11.6 Å². The van der Waals surface area contributed by atoms with Crippen molar-refractivity contribution in [3.63, 3.8) is 0 Å². The van der Waals surface area contributed by atoms with Crippen LogP contribution in [0.4, 0.5) is 0 Å². The largest absolute Gasteiger partial charge is 0.744 e. The molecule has 4 nitrogen and oxygen atoms in total. The molecular weight excluding hydrogens is 593 g/mol. The average molecular weight is 641 g/mol. The molecule has 0 fully saturated rings. The Balaban J connectivity index is 0.000000404. The first-order valence-electron chi connectivity index (χ1n) is 14.9. The topological polar surface area (TPSA) is 61.1 Å². The quantitative estimate of drug-likeness (QED) is 0.0603. The van der Waals surface area contributed by atoms with Gasteiger partial charge in [-0.25, -0.2) is 8.42 Å². The molecule has 1 heterocycles. The van der Waals surface area contributed by atoms with Crippen molar-refractivity contribution < 1.29 is 17.5 Å². The summed E-state index contributed by atoms with van der Waals surface area (Å²) in [4.78, 5) is -0.262. The Labute approximate surface area is 248 Å². The molecule has 39 heavy (non-hydrogen) atoms. The molecule has 0 aliphatic rings. The van der Waals surface area contributed by atoms with E-state index in [-0.39, 0.29) is 4.90 Å². The van der Waals surface area contributed by atoms with E-state index in [9.17, 15) is 13.0 Å². The molecule has 0 aliphatic heterocycles. The predicted molar refractivity (Wildman–Crippen MR) is 165 cm³/mol. The summed E-state index contributed by atoms with van der Waals surface area (Å²) in [5.41, 5.74) is 1.49. The zero-order valence-corrected chi connectivity index (χ0v) is 27.3. The number of unbranched alkanes of at least 4 members (excludes halogenated alkanes) is 15. The van der Waals surface area contributed by atoms with Gasteiger partial charge in [-0.1, -0.05) is 63.5 Å². The first kappa shape index (κ1) is 34.0. The summed E-state index contributed by atoms with van der Waals surface area (Å²) in [5, 5.41) is 0.400. The fourth-order valence-corrected chi connectivity index (χ4v) is 7.64. The van der Waals surface area contributed by atoms with E-state index in [1.807, 2.05) is 0 Å². The van der Waals surface area contributed by atoms with Crippen molar-refractivity contribution in [3.05, 3.63) is 58.1 Å². The normalized spacial score (nSPS) is 11.5. The SMILES string of the molecule is CCCCCCCCCCCCCCCCCC[n+]1c(C)[se]c2ccccc21.O=S(=O)([O-])c1ccc(Cl)cc1. The predicted octanol–water partition coefficient (Wildman–Crippen LogP) is 9.00. The minimum absolute atomic E-state index is 0.262. The van der Waals surface area contributed by atoms with Crippen LogP contribution in [0, 0.1) is 6.92 Å². The van der Waals surface area contributed by atoms with Gasteiger partial charge in [-0.2, -0.15) is 0 Å². The van der Waals surface area contributed by atoms with Gasteiger partial charge >= 0.3 is 129 Å². The number of rotatable bonds is 18. The molecule has 0 bridgehead atoms. The van der Waals surface area contributed by atoms with Crippen LogP contribution in [0.5, 0.6) is 0 Å². The van der Waals surface area contributed by atoms with Crippen molar-refractivity contribution in [1.29, 1.82) is 0 Å². The van der Waals surface area contributed by atoms with Crippen LogP contribution < -0.4 is 4.57 Å². The molecule has 7 heteroatoms. The smallest absolute Gasteiger partial charge is 0.124 e. The third-order valence-electron chi connectivity index (χ3n) is 7.13. The van der Waals surface area contributed by atoms with Gasteiger partial charge in [0.15, 0.2) is 0 Å². The van der Waals surface area contributed by atoms with Crippen LogP contribution in [0.2, 0.25) is 5.02 Å². The molecule has 1 aromatic heterocycles. The summed E-state index contributed by atoms with van der Waals surface area (Å²) in [7, 11) is -4.33. The van der Waals surface area contributed by atoms with Crippen LogP contribution >= 0.6 is 11.6 Å². The van der Waals surface area contributed by atoms with E-state index in [1.54, 1.807) is 8.83 Å². The molecule has 0 spiro atoms. The zero-order valence-electron chi connectivity index (χ0n) is 24.0. The Kier molecular flexibility index (Phi) is 17.3. The molecule has 0 N–H and O–H groups in total. The fourth-order valence-electron chi connectivity index (χ4n) is 4.85. The molecule has 0 saturated heterocycles. The molecule has 3 rings (SSSR count). The van der Waals surface area contributed by atoms with Crippen molar-refractivity contribution in [2.45, 2.75) is 128 Å². The monoisotopic (exact) mass is 641 g/mol. The van der Waals surface area contributed by atoms with Crippen LogP contribution in [-0.4, -0.2) is 27.5 Å². The number of halogens is 1. The molecule has 2 aromatic carbocycles. The number of fused-ring (bicyclic) bond motifs is 1. The number of hydrogen-bond acceptors (Lipinski definition) is 3. The number of para-hydroxylation sites is 1. The first-order chi connectivity index (χ1) is 18.8. The van der Waals surface area contributed by atoms with Gasteiger partial charge in [0.25, 0.3) is 0 Å². The summed E-state index contributed by atoms with van der Waals surface area (Å²) in [6.45, 7) is 5.85. The molecule has 3 aromatic rings. The van der Waals surface area contributed by atoms with Crippen LogP contribution in [-0.2, 0) is 16.7 Å². The van der Waals surface area contributed by atoms with Gasteiger partial charge in [0, 0.05) is 5.02 Å². The second kappa shape index (κ2) is 19.8. The Bertz CT molecular complexity index is 1160. The minimum Gasteiger partial charge on any atom is -0.744 e. The van der Waals surface area contributed by atoms with Crippen molar-refractivity contribution in [2.75, 3.05) is 0 Å². The molecule has 0 unspecified atom stereocenters. The van der Waals surface area contributed by atoms with Gasteiger partial charge in [-0.3, -0.25) is 0 Å². The van der Waals surface area contributed by atoms with E-state index in [0.29, 0.717) is 19.5 Å². The van der Waals surface area contributed by atoms with Gasteiger partial charge < -0.3 is 4.55 Å². The molecule has 0 aliphatic carbocycles. The van der Waals surface area contributed by atoms with E-state index in [0.717, 1.165) is 0 Å². The van der Waals surface area contributed by atoms with Gasteiger partial charge in [0.2, 0.25) is 0 Å². The van der Waals surface area contributed by atoms with E-state index in [2.05, 4.69) is 42.7 Å². The number of benzene rings is 2. The minimum atomic E-state index is -4.33. The van der Waals surface area contributed by atoms with Crippen LogP contribution in [0.15, 0.2) is 53.4 Å². The summed E-state index contributed by atoms with van der Waals surface area (Å²) in [6.07, 6.45) is 23.1. The summed E-state index contributed by atoms with van der Waals surface area (Å²) in [6, 6.07) is 14.0. The second-order valence-electron chi connectivity index (χ2n) is 10.5. The van der Waals surface area contributed by atoms with Gasteiger partial charge in [0.05, 0.1) is 4.90 Å². The summed E-state index contributed by atoms with van der Waals surface area (Å²) in [5.74, 6) is 0. The van der Waals surface area contributed by atoms with Crippen LogP contribution in [0.1, 0.15) is 114 Å². The first-order valence-corrected chi connectivity index (χ1v) is 18.4. The molecule has 0 atom stereocenters. The number of hydrogen-bond donors (Lipinski definition) is 0. The molecular formula is C32H48ClNO3SSe. The zero-order chi connectivity index (χ0) is 28.3. The van der Waals surface area contributed by atoms with Gasteiger partial charge in [0.1, 0.15) is 10.1 Å². The van der Waals surface area contributed by atoms with E-state index in [1.165, 1.54) is 139 Å². The van der Waals surface area contributed by atoms with Gasteiger partial charge in [-0.15, -0.1) is 0 Å². The van der Waals surface area contributed by atoms with Crippen molar-refractivity contribution in [1.82, 2.24) is 0 Å². The number of nitrogens with zero attached hydrogens (tertiary/aromatic N) is 1. The Hall–Kier alpha value is -1.17.